The lowest BCUT2D eigenvalue weighted by Crippen LogP contribution is -2.52. The predicted molar refractivity (Wildman–Crippen MR) is 141 cm³/mol. The number of ether oxygens (including phenoxy) is 1. The van der Waals surface area contributed by atoms with Crippen molar-refractivity contribution in [2.24, 2.45) is 5.92 Å². The molecule has 2 aromatic rings. The SMILES string of the molecule is CC(C)(C)OC(=O)NCC1CN(c2ccc(S(=O)(=O)N3CCC(Nc4ccc(C(F)(F)F)cn4)CC3)cc2)C1. The highest BCUT2D eigenvalue weighted by Crippen LogP contribution is 2.30. The van der Waals surface area contributed by atoms with Crippen LogP contribution in [0.4, 0.5) is 29.5 Å². The van der Waals surface area contributed by atoms with Crippen LogP contribution in [0.3, 0.4) is 0 Å². The third kappa shape index (κ3) is 7.53. The summed E-state index contributed by atoms with van der Waals surface area (Å²) in [5, 5.41) is 5.88. The van der Waals surface area contributed by atoms with Crippen LogP contribution < -0.4 is 15.5 Å². The molecule has 0 aliphatic carbocycles. The molecular formula is C26H34F3N5O4S. The average Bonchev–Trinajstić information content (AvgIpc) is 2.82. The number of nitrogens with zero attached hydrogens (tertiary/aromatic N) is 3. The van der Waals surface area contributed by atoms with Gasteiger partial charge in [0.15, 0.2) is 0 Å². The van der Waals surface area contributed by atoms with Gasteiger partial charge in [0.1, 0.15) is 11.4 Å². The number of hydrogen-bond acceptors (Lipinski definition) is 7. The number of alkyl halides is 3. The number of rotatable bonds is 7. The Morgan fingerprint density at radius 2 is 1.69 bits per heavy atom. The van der Waals surface area contributed by atoms with Gasteiger partial charge in [-0.3, -0.25) is 0 Å². The predicted octanol–water partition coefficient (Wildman–Crippen LogP) is 4.33. The Kier molecular flexibility index (Phi) is 8.31. The summed E-state index contributed by atoms with van der Waals surface area (Å²) < 4.78 is 71.2. The minimum Gasteiger partial charge on any atom is -0.444 e. The Bertz CT molecular complexity index is 1230. The van der Waals surface area contributed by atoms with Gasteiger partial charge in [-0.05, 0) is 70.0 Å². The number of sulfonamides is 1. The van der Waals surface area contributed by atoms with Crippen molar-refractivity contribution in [3.05, 3.63) is 48.2 Å². The molecule has 2 aliphatic rings. The Balaban J connectivity index is 1.23. The molecule has 2 fully saturated rings. The maximum absolute atomic E-state index is 13.2. The molecule has 214 valence electrons. The second kappa shape index (κ2) is 11.2. The second-order valence-corrected chi connectivity index (χ2v) is 12.8. The maximum Gasteiger partial charge on any atom is 0.417 e. The number of nitrogens with one attached hydrogen (secondary N) is 2. The molecule has 2 aliphatic heterocycles. The summed E-state index contributed by atoms with van der Waals surface area (Å²) in [4.78, 5) is 18.0. The van der Waals surface area contributed by atoms with Gasteiger partial charge in [-0.25, -0.2) is 18.2 Å². The first-order chi connectivity index (χ1) is 18.2. The number of aromatic nitrogens is 1. The highest BCUT2D eigenvalue weighted by Gasteiger charge is 2.32. The van der Waals surface area contributed by atoms with Gasteiger partial charge in [0.05, 0.1) is 10.5 Å². The summed E-state index contributed by atoms with van der Waals surface area (Å²) in [6.07, 6.45) is -3.08. The van der Waals surface area contributed by atoms with Gasteiger partial charge in [0.25, 0.3) is 0 Å². The van der Waals surface area contributed by atoms with E-state index < -0.39 is 33.5 Å². The zero-order valence-electron chi connectivity index (χ0n) is 22.2. The number of anilines is 2. The van der Waals surface area contributed by atoms with E-state index >= 15 is 0 Å². The van der Waals surface area contributed by atoms with Crippen molar-refractivity contribution in [1.82, 2.24) is 14.6 Å². The van der Waals surface area contributed by atoms with Crippen LogP contribution in [0.25, 0.3) is 0 Å². The van der Waals surface area contributed by atoms with E-state index in [0.717, 1.165) is 31.0 Å². The van der Waals surface area contributed by atoms with Gasteiger partial charge in [-0.1, -0.05) is 0 Å². The van der Waals surface area contributed by atoms with Gasteiger partial charge in [-0.2, -0.15) is 17.5 Å². The zero-order valence-corrected chi connectivity index (χ0v) is 23.0. The third-order valence-electron chi connectivity index (χ3n) is 6.63. The summed E-state index contributed by atoms with van der Waals surface area (Å²) in [6.45, 7) is 8.02. The largest absolute Gasteiger partial charge is 0.444 e. The molecule has 1 amide bonds. The molecule has 2 saturated heterocycles. The molecule has 1 aromatic carbocycles. The molecule has 2 N–H and O–H groups in total. The Morgan fingerprint density at radius 3 is 2.23 bits per heavy atom. The number of carbonyl (C=O) groups excluding carboxylic acids is 1. The van der Waals surface area contributed by atoms with Crippen molar-refractivity contribution in [1.29, 1.82) is 0 Å². The molecule has 13 heteroatoms. The standard InChI is InChI=1S/C26H34F3N5O4S/c1-25(2,3)38-24(35)31-14-18-16-33(17-18)21-5-7-22(8-6-21)39(36,37)34-12-10-20(11-13-34)32-23-9-4-19(15-30-23)26(27,28)29/h4-9,15,18,20H,10-14,16-17H2,1-3H3,(H,30,32)(H,31,35). The Hall–Kier alpha value is -3.06. The normalized spacial score (nSPS) is 17.9. The van der Waals surface area contributed by atoms with Crippen LogP contribution in [0.2, 0.25) is 0 Å². The lowest BCUT2D eigenvalue weighted by Gasteiger charge is -2.41. The van der Waals surface area contributed by atoms with Gasteiger partial charge in [-0.15, -0.1) is 0 Å². The number of halogens is 3. The van der Waals surface area contributed by atoms with Gasteiger partial charge in [0, 0.05) is 56.6 Å². The fraction of sp³-hybridized carbons (Fsp3) is 0.538. The molecule has 0 saturated carbocycles. The fourth-order valence-corrected chi connectivity index (χ4v) is 6.00. The van der Waals surface area contributed by atoms with E-state index in [-0.39, 0.29) is 16.9 Å². The minimum atomic E-state index is -4.44. The number of hydrogen-bond donors (Lipinski definition) is 2. The molecule has 0 spiro atoms. The summed E-state index contributed by atoms with van der Waals surface area (Å²) >= 11 is 0. The molecule has 4 rings (SSSR count). The lowest BCUT2D eigenvalue weighted by atomic mass is 9.99. The van der Waals surface area contributed by atoms with E-state index in [2.05, 4.69) is 20.5 Å². The van der Waals surface area contributed by atoms with Gasteiger partial charge >= 0.3 is 12.3 Å². The van der Waals surface area contributed by atoms with Crippen molar-refractivity contribution >= 4 is 27.6 Å². The average molecular weight is 570 g/mol. The van der Waals surface area contributed by atoms with Gasteiger partial charge < -0.3 is 20.3 Å². The second-order valence-electron chi connectivity index (χ2n) is 10.9. The van der Waals surface area contributed by atoms with Crippen LogP contribution in [0, 0.1) is 5.92 Å². The maximum atomic E-state index is 13.2. The van der Waals surface area contributed by atoms with E-state index in [4.69, 9.17) is 4.74 Å². The van der Waals surface area contributed by atoms with Crippen LogP contribution in [0.1, 0.15) is 39.2 Å². The smallest absolute Gasteiger partial charge is 0.417 e. The first kappa shape index (κ1) is 28.9. The highest BCUT2D eigenvalue weighted by molar-refractivity contribution is 7.89. The summed E-state index contributed by atoms with van der Waals surface area (Å²) in [5.41, 5.74) is -0.448. The van der Waals surface area contributed by atoms with E-state index in [0.29, 0.717) is 38.3 Å². The van der Waals surface area contributed by atoms with Crippen molar-refractivity contribution in [3.63, 3.8) is 0 Å². The lowest BCUT2D eigenvalue weighted by molar-refractivity contribution is -0.137. The quantitative estimate of drug-likeness (QED) is 0.512. The number of benzene rings is 1. The molecule has 0 radical (unpaired) electrons. The third-order valence-corrected chi connectivity index (χ3v) is 8.54. The van der Waals surface area contributed by atoms with Gasteiger partial charge in [0.2, 0.25) is 10.0 Å². The summed E-state index contributed by atoms with van der Waals surface area (Å²) in [5.74, 6) is 0.613. The van der Waals surface area contributed by atoms with Crippen molar-refractivity contribution in [2.75, 3.05) is 42.9 Å². The van der Waals surface area contributed by atoms with Crippen molar-refractivity contribution in [2.45, 2.75) is 56.3 Å². The molecule has 39 heavy (non-hydrogen) atoms. The van der Waals surface area contributed by atoms with Crippen LogP contribution in [-0.2, 0) is 20.9 Å². The minimum absolute atomic E-state index is 0.0905. The molecule has 9 nitrogen and oxygen atoms in total. The number of pyridine rings is 1. The molecule has 0 unspecified atom stereocenters. The molecular weight excluding hydrogens is 535 g/mol. The van der Waals surface area contributed by atoms with Crippen molar-refractivity contribution < 1.29 is 31.1 Å². The monoisotopic (exact) mass is 569 g/mol. The van der Waals surface area contributed by atoms with E-state index in [9.17, 15) is 26.4 Å². The van der Waals surface area contributed by atoms with Crippen LogP contribution >= 0.6 is 0 Å². The van der Waals surface area contributed by atoms with Crippen LogP contribution in [0.15, 0.2) is 47.5 Å². The molecule has 3 heterocycles. The van der Waals surface area contributed by atoms with E-state index in [1.807, 2.05) is 20.8 Å². The highest BCUT2D eigenvalue weighted by atomic mass is 32.2. The number of carbonyl (C=O) groups is 1. The Morgan fingerprint density at radius 1 is 1.05 bits per heavy atom. The number of amides is 1. The molecule has 1 aromatic heterocycles. The topological polar surface area (TPSA) is 104 Å². The number of piperidine rings is 1. The van der Waals surface area contributed by atoms with Crippen molar-refractivity contribution in [3.8, 4) is 0 Å². The first-order valence-electron chi connectivity index (χ1n) is 12.8. The first-order valence-corrected chi connectivity index (χ1v) is 14.3. The summed E-state index contributed by atoms with van der Waals surface area (Å²) in [6, 6.07) is 8.95. The molecule has 0 bridgehead atoms. The van der Waals surface area contributed by atoms with Crippen LogP contribution in [-0.4, -0.2) is 68.2 Å². The van der Waals surface area contributed by atoms with E-state index in [1.54, 1.807) is 24.3 Å². The summed E-state index contributed by atoms with van der Waals surface area (Å²) in [7, 11) is -3.67. The fourth-order valence-electron chi connectivity index (χ4n) is 4.53. The Labute approximate surface area is 226 Å². The number of alkyl carbamates (subject to hydrolysis) is 1. The molecule has 0 atom stereocenters. The van der Waals surface area contributed by atoms with Crippen LogP contribution in [0.5, 0.6) is 0 Å². The zero-order chi connectivity index (χ0) is 28.4. The van der Waals surface area contributed by atoms with E-state index in [1.165, 1.54) is 10.4 Å².